The molecule has 4 heterocycles. The lowest BCUT2D eigenvalue weighted by atomic mass is 10.1. The highest BCUT2D eigenvalue weighted by atomic mass is 32.1. The zero-order valence-electron chi connectivity index (χ0n) is 28.7. The summed E-state index contributed by atoms with van der Waals surface area (Å²) in [6, 6.07) is 22.9. The Kier molecular flexibility index (Phi) is 12.0. The summed E-state index contributed by atoms with van der Waals surface area (Å²) in [7, 11) is 0. The first-order chi connectivity index (χ1) is 25.2. The van der Waals surface area contributed by atoms with Crippen LogP contribution in [0.3, 0.4) is 0 Å². The van der Waals surface area contributed by atoms with Crippen molar-refractivity contribution >= 4 is 22.7 Å². The normalized spacial score (nSPS) is 11.2. The topological polar surface area (TPSA) is 154 Å². The van der Waals surface area contributed by atoms with Crippen LogP contribution < -0.4 is 24.0 Å². The summed E-state index contributed by atoms with van der Waals surface area (Å²) < 4.78 is 14.0. The molecule has 13 heteroatoms. The lowest BCUT2D eigenvalue weighted by Gasteiger charge is -2.09. The number of ether oxygens (including phenoxy) is 2. The number of thiazole rings is 2. The van der Waals surface area contributed by atoms with Crippen molar-refractivity contribution in [3.05, 3.63) is 153 Å². The molecule has 0 aliphatic carbocycles. The molecule has 0 saturated carbocycles. The Morgan fingerprint density at radius 2 is 1.42 bits per heavy atom. The number of aromatic hydroxyl groups is 2. The van der Waals surface area contributed by atoms with Crippen LogP contribution in [-0.2, 0) is 45.1 Å². The number of pyridine rings is 2. The number of aryl methyl sites for hydroxylation is 2. The Balaban J connectivity index is 0.929. The molecule has 0 amide bonds. The van der Waals surface area contributed by atoms with Crippen molar-refractivity contribution in [3.63, 3.8) is 0 Å². The molecule has 0 saturated heterocycles. The zero-order valence-corrected chi connectivity index (χ0v) is 30.4. The molecule has 0 bridgehead atoms. The molecule has 4 aromatic heterocycles. The van der Waals surface area contributed by atoms with Gasteiger partial charge in [-0.25, -0.2) is 0 Å². The Labute approximate surface area is 308 Å². The van der Waals surface area contributed by atoms with Gasteiger partial charge < -0.3 is 24.9 Å². The summed E-state index contributed by atoms with van der Waals surface area (Å²) in [5, 5.41) is 33.4. The molecule has 0 fully saturated rings. The van der Waals surface area contributed by atoms with Gasteiger partial charge >= 0.3 is 9.75 Å². The summed E-state index contributed by atoms with van der Waals surface area (Å²) in [4.78, 5) is 31.7. The highest BCUT2D eigenvalue weighted by Gasteiger charge is 2.15. The second-order valence-corrected chi connectivity index (χ2v) is 14.5. The van der Waals surface area contributed by atoms with Gasteiger partial charge in [-0.15, -0.1) is 0 Å². The monoisotopic (exact) mass is 740 g/mol. The Morgan fingerprint density at radius 3 is 2.02 bits per heavy atom. The summed E-state index contributed by atoms with van der Waals surface area (Å²) in [5.41, 5.74) is 5.50. The van der Waals surface area contributed by atoms with Gasteiger partial charge in [0.2, 0.25) is 11.8 Å². The zero-order chi connectivity index (χ0) is 36.5. The maximum absolute atomic E-state index is 12.7. The fourth-order valence-corrected chi connectivity index (χ4v) is 7.40. The van der Waals surface area contributed by atoms with Crippen molar-refractivity contribution in [1.82, 2.24) is 14.5 Å². The second kappa shape index (κ2) is 17.2. The quantitative estimate of drug-likeness (QED) is 0.0794. The maximum Gasteiger partial charge on any atom is 0.310 e. The third kappa shape index (κ3) is 9.68. The van der Waals surface area contributed by atoms with Gasteiger partial charge in [-0.3, -0.25) is 24.1 Å². The van der Waals surface area contributed by atoms with Gasteiger partial charge in [-0.2, -0.15) is 4.73 Å². The van der Waals surface area contributed by atoms with E-state index in [2.05, 4.69) is 23.0 Å². The van der Waals surface area contributed by atoms with Crippen LogP contribution in [0.4, 0.5) is 0 Å². The van der Waals surface area contributed by atoms with Gasteiger partial charge in [0.15, 0.2) is 11.9 Å². The highest BCUT2D eigenvalue weighted by Crippen LogP contribution is 2.25. The van der Waals surface area contributed by atoms with Gasteiger partial charge in [-0.1, -0.05) is 59.9 Å². The minimum Gasteiger partial charge on any atom is -0.618 e. The van der Waals surface area contributed by atoms with E-state index < -0.39 is 0 Å². The number of aromatic nitrogens is 4. The van der Waals surface area contributed by atoms with E-state index in [1.807, 2.05) is 66.9 Å². The molecule has 270 valence electrons. The third-order valence-corrected chi connectivity index (χ3v) is 10.5. The minimum absolute atomic E-state index is 0.0147. The summed E-state index contributed by atoms with van der Waals surface area (Å²) >= 11 is 2.03. The molecule has 0 spiro atoms. The first-order valence-corrected chi connectivity index (χ1v) is 18.8. The van der Waals surface area contributed by atoms with E-state index in [-0.39, 0.29) is 21.5 Å². The second-order valence-electron chi connectivity index (χ2n) is 12.4. The van der Waals surface area contributed by atoms with Crippen LogP contribution in [0.15, 0.2) is 94.8 Å². The largest absolute Gasteiger partial charge is 0.618 e. The number of hydrogen-bond donors (Lipinski definition) is 3. The van der Waals surface area contributed by atoms with E-state index in [4.69, 9.17) is 9.47 Å². The van der Waals surface area contributed by atoms with Gasteiger partial charge in [0.1, 0.15) is 11.5 Å². The van der Waals surface area contributed by atoms with Crippen molar-refractivity contribution in [3.8, 4) is 23.3 Å². The fourth-order valence-electron chi connectivity index (χ4n) is 5.70. The van der Waals surface area contributed by atoms with Gasteiger partial charge in [0.25, 0.3) is 0 Å². The standard InChI is InChI=1S/C39H40N4O7S2/c1-2-26-5-11-30(40-24-26)17-20-49-32-15-9-28(10-16-32)23-35-37(45)42(39(47)52-35)19-3-4-29-6-12-31(43(48)25-29)18-21-50-33-13-7-27(8-14-33)22-34-36(44)41-38(46)51-34/h5-16,24-25,44-45H,2-4,17-23H2,1H3,(H,41,46). The van der Waals surface area contributed by atoms with E-state index in [1.54, 1.807) is 12.3 Å². The number of aromatic amines is 1. The molecule has 3 N–H and O–H groups in total. The van der Waals surface area contributed by atoms with Crippen LogP contribution in [-0.4, -0.2) is 38.0 Å². The number of nitrogens with one attached hydrogen (secondary N) is 1. The molecule has 0 unspecified atom stereocenters. The molecule has 2 aromatic carbocycles. The number of rotatable bonds is 17. The number of H-pyrrole nitrogens is 1. The van der Waals surface area contributed by atoms with E-state index in [9.17, 15) is 25.0 Å². The number of hydrogen-bond acceptors (Lipinski definition) is 10. The van der Waals surface area contributed by atoms with E-state index in [1.165, 1.54) is 10.1 Å². The molecule has 6 rings (SSSR count). The lowest BCUT2D eigenvalue weighted by molar-refractivity contribution is -0.614. The molecular weight excluding hydrogens is 701 g/mol. The van der Waals surface area contributed by atoms with Crippen LogP contribution in [0.25, 0.3) is 0 Å². The Morgan fingerprint density at radius 1 is 0.788 bits per heavy atom. The number of nitrogens with zero attached hydrogens (tertiary/aromatic N) is 3. The molecule has 0 atom stereocenters. The molecule has 52 heavy (non-hydrogen) atoms. The molecule has 6 aromatic rings. The van der Waals surface area contributed by atoms with Crippen LogP contribution in [0.2, 0.25) is 0 Å². The predicted molar refractivity (Wildman–Crippen MR) is 201 cm³/mol. The van der Waals surface area contributed by atoms with Crippen molar-refractivity contribution in [2.24, 2.45) is 0 Å². The SMILES string of the molecule is CCc1ccc(CCOc2ccc(Cc3sc(=O)n(CCCc4ccc(CCOc5ccc(Cc6sc(=O)[nH]c6O)cc5)[n+]([O-])c4)c3O)cc2)nc1. The van der Waals surface area contributed by atoms with Gasteiger partial charge in [0.05, 0.1) is 29.4 Å². The van der Waals surface area contributed by atoms with Crippen LogP contribution >= 0.6 is 22.7 Å². The maximum atomic E-state index is 12.7. The first-order valence-electron chi connectivity index (χ1n) is 17.1. The lowest BCUT2D eigenvalue weighted by Crippen LogP contribution is -2.33. The molecule has 0 radical (unpaired) electrons. The van der Waals surface area contributed by atoms with Gasteiger partial charge in [0, 0.05) is 49.3 Å². The molecule has 0 aliphatic rings. The predicted octanol–water partition coefficient (Wildman–Crippen LogP) is 5.72. The van der Waals surface area contributed by atoms with Crippen molar-refractivity contribution in [2.75, 3.05) is 13.2 Å². The summed E-state index contributed by atoms with van der Waals surface area (Å²) in [6.07, 6.45) is 7.57. The van der Waals surface area contributed by atoms with E-state index in [0.29, 0.717) is 79.5 Å². The third-order valence-electron chi connectivity index (χ3n) is 8.66. The average molecular weight is 741 g/mol. The average Bonchev–Trinajstić information content (AvgIpc) is 3.60. The fraction of sp³-hybridized carbons (Fsp3) is 0.282. The van der Waals surface area contributed by atoms with Crippen molar-refractivity contribution < 1.29 is 24.4 Å². The van der Waals surface area contributed by atoms with Gasteiger partial charge in [-0.05, 0) is 72.4 Å². The molecular formula is C39H40N4O7S2. The summed E-state index contributed by atoms with van der Waals surface area (Å²) in [5.74, 6) is 1.29. The van der Waals surface area contributed by atoms with Crippen molar-refractivity contribution in [1.29, 1.82) is 0 Å². The van der Waals surface area contributed by atoms with Crippen LogP contribution in [0.1, 0.15) is 56.7 Å². The smallest absolute Gasteiger partial charge is 0.310 e. The van der Waals surface area contributed by atoms with E-state index in [0.717, 1.165) is 62.0 Å². The van der Waals surface area contributed by atoms with Crippen molar-refractivity contribution in [2.45, 2.75) is 58.4 Å². The minimum atomic E-state index is -0.291. The summed E-state index contributed by atoms with van der Waals surface area (Å²) in [6.45, 7) is 3.28. The highest BCUT2D eigenvalue weighted by molar-refractivity contribution is 7.09. The molecule has 11 nitrogen and oxygen atoms in total. The van der Waals surface area contributed by atoms with Crippen LogP contribution in [0.5, 0.6) is 23.3 Å². The number of benzene rings is 2. The Hall–Kier alpha value is -5.40. The molecule has 0 aliphatic heterocycles. The Bertz CT molecular complexity index is 2190. The van der Waals surface area contributed by atoms with Crippen LogP contribution in [0, 0.1) is 5.21 Å². The van der Waals surface area contributed by atoms with E-state index >= 15 is 0 Å². The first kappa shape index (κ1) is 36.4.